The lowest BCUT2D eigenvalue weighted by Crippen LogP contribution is -2.45. The van der Waals surface area contributed by atoms with Crippen molar-refractivity contribution in [2.75, 3.05) is 6.54 Å². The molecule has 1 aliphatic rings. The van der Waals surface area contributed by atoms with E-state index in [1.807, 2.05) is 0 Å². The third kappa shape index (κ3) is 3.47. The van der Waals surface area contributed by atoms with E-state index in [4.69, 9.17) is 10.5 Å². The monoisotopic (exact) mass is 215 g/mol. The topological polar surface area (TPSA) is 72.5 Å². The molecule has 0 saturated heterocycles. The van der Waals surface area contributed by atoms with Crippen LogP contribution in [0.2, 0.25) is 0 Å². The Balaban J connectivity index is 2.44. The molecule has 0 spiro atoms. The van der Waals surface area contributed by atoms with Crippen molar-refractivity contribution in [1.82, 2.24) is 0 Å². The predicted molar refractivity (Wildman–Crippen MR) is 57.2 cm³/mol. The lowest BCUT2D eigenvalue weighted by molar-refractivity contribution is -0.170. The Morgan fingerprint density at radius 1 is 1.60 bits per heavy atom. The summed E-state index contributed by atoms with van der Waals surface area (Å²) in [6, 6.07) is 0. The molecule has 0 aromatic heterocycles. The van der Waals surface area contributed by atoms with E-state index in [1.54, 1.807) is 0 Å². The van der Waals surface area contributed by atoms with Gasteiger partial charge in [-0.1, -0.05) is 13.3 Å². The van der Waals surface area contributed by atoms with E-state index < -0.39 is 11.6 Å². The predicted octanol–water partition coefficient (Wildman–Crippen LogP) is 0.818. The highest BCUT2D eigenvalue weighted by molar-refractivity contribution is 5.79. The first-order valence-corrected chi connectivity index (χ1v) is 5.59. The van der Waals surface area contributed by atoms with Gasteiger partial charge in [0.25, 0.3) is 0 Å². The zero-order valence-corrected chi connectivity index (χ0v) is 9.53. The maximum absolute atomic E-state index is 11.5. The Morgan fingerprint density at radius 2 is 2.27 bits per heavy atom. The Kier molecular flexibility index (Phi) is 4.11. The number of aliphatic hydroxyl groups is 1. The lowest BCUT2D eigenvalue weighted by Gasteiger charge is -2.29. The summed E-state index contributed by atoms with van der Waals surface area (Å²) >= 11 is 0. The molecule has 1 saturated carbocycles. The van der Waals surface area contributed by atoms with Gasteiger partial charge in [0.2, 0.25) is 0 Å². The van der Waals surface area contributed by atoms with E-state index in [0.717, 1.165) is 19.3 Å². The number of carbonyl (C=O) groups is 1. The fourth-order valence-electron chi connectivity index (χ4n) is 1.85. The first-order valence-electron chi connectivity index (χ1n) is 5.59. The van der Waals surface area contributed by atoms with E-state index in [2.05, 4.69) is 6.92 Å². The number of carbonyl (C=O) groups excluding carboxylic acids is 1. The SMILES string of the molecule is CC1CCCC(OC(=O)C(C)(O)CN)C1. The average molecular weight is 215 g/mol. The summed E-state index contributed by atoms with van der Waals surface area (Å²) in [6.45, 7) is 3.44. The molecule has 0 radical (unpaired) electrons. The summed E-state index contributed by atoms with van der Waals surface area (Å²) in [5.41, 5.74) is 3.75. The molecule has 88 valence electrons. The molecule has 0 aromatic rings. The molecule has 1 fully saturated rings. The standard InChI is InChI=1S/C11H21NO3/c1-8-4-3-5-9(6-8)15-10(13)11(2,14)7-12/h8-9,14H,3-7,12H2,1-2H3. The van der Waals surface area contributed by atoms with Crippen LogP contribution in [0.4, 0.5) is 0 Å². The van der Waals surface area contributed by atoms with E-state index in [0.29, 0.717) is 5.92 Å². The van der Waals surface area contributed by atoms with Gasteiger partial charge in [-0.05, 0) is 32.1 Å². The van der Waals surface area contributed by atoms with Gasteiger partial charge in [-0.25, -0.2) is 4.79 Å². The summed E-state index contributed by atoms with van der Waals surface area (Å²) in [7, 11) is 0. The third-order valence-corrected chi connectivity index (χ3v) is 3.00. The molecule has 15 heavy (non-hydrogen) atoms. The molecule has 0 bridgehead atoms. The molecule has 3 N–H and O–H groups in total. The van der Waals surface area contributed by atoms with E-state index in [-0.39, 0.29) is 12.6 Å². The Labute approximate surface area is 90.8 Å². The quantitative estimate of drug-likeness (QED) is 0.684. The second-order valence-electron chi connectivity index (χ2n) is 4.78. The zero-order chi connectivity index (χ0) is 11.5. The summed E-state index contributed by atoms with van der Waals surface area (Å²) in [5.74, 6) is 0.00322. The van der Waals surface area contributed by atoms with Crippen LogP contribution in [0.1, 0.15) is 39.5 Å². The molecule has 1 aliphatic carbocycles. The van der Waals surface area contributed by atoms with Crippen molar-refractivity contribution in [2.24, 2.45) is 11.7 Å². The van der Waals surface area contributed by atoms with Crippen molar-refractivity contribution in [1.29, 1.82) is 0 Å². The molecule has 0 amide bonds. The summed E-state index contributed by atoms with van der Waals surface area (Å²) in [6.07, 6.45) is 4.04. The highest BCUT2D eigenvalue weighted by Gasteiger charge is 2.33. The van der Waals surface area contributed by atoms with Crippen LogP contribution >= 0.6 is 0 Å². The number of ether oxygens (including phenoxy) is 1. The minimum absolute atomic E-state index is 0.0423. The molecular formula is C11H21NO3. The number of esters is 1. The molecule has 3 atom stereocenters. The molecule has 0 aromatic carbocycles. The Bertz CT molecular complexity index is 228. The largest absolute Gasteiger partial charge is 0.460 e. The maximum Gasteiger partial charge on any atom is 0.339 e. The van der Waals surface area contributed by atoms with Gasteiger partial charge in [0.1, 0.15) is 6.10 Å². The molecule has 1 rings (SSSR count). The highest BCUT2D eigenvalue weighted by atomic mass is 16.6. The molecule has 4 nitrogen and oxygen atoms in total. The molecule has 3 unspecified atom stereocenters. The van der Waals surface area contributed by atoms with Crippen molar-refractivity contribution in [3.63, 3.8) is 0 Å². The van der Waals surface area contributed by atoms with Gasteiger partial charge in [-0.15, -0.1) is 0 Å². The first kappa shape index (κ1) is 12.5. The minimum atomic E-state index is -1.54. The van der Waals surface area contributed by atoms with Crippen molar-refractivity contribution < 1.29 is 14.6 Å². The van der Waals surface area contributed by atoms with Gasteiger partial charge >= 0.3 is 5.97 Å². The van der Waals surface area contributed by atoms with Crippen molar-refractivity contribution in [3.05, 3.63) is 0 Å². The summed E-state index contributed by atoms with van der Waals surface area (Å²) < 4.78 is 5.25. The Morgan fingerprint density at radius 3 is 2.80 bits per heavy atom. The van der Waals surface area contributed by atoms with Gasteiger partial charge in [-0.3, -0.25) is 0 Å². The molecular weight excluding hydrogens is 194 g/mol. The second-order valence-corrected chi connectivity index (χ2v) is 4.78. The van der Waals surface area contributed by atoms with E-state index in [9.17, 15) is 9.90 Å². The number of nitrogens with two attached hydrogens (primary N) is 1. The van der Waals surface area contributed by atoms with Crippen LogP contribution in [-0.4, -0.2) is 29.3 Å². The lowest BCUT2D eigenvalue weighted by atomic mass is 9.88. The fourth-order valence-corrected chi connectivity index (χ4v) is 1.85. The maximum atomic E-state index is 11.5. The normalized spacial score (nSPS) is 30.7. The average Bonchev–Trinajstić information content (AvgIpc) is 2.17. The van der Waals surface area contributed by atoms with Gasteiger partial charge in [0, 0.05) is 6.54 Å². The number of hydrogen-bond donors (Lipinski definition) is 2. The van der Waals surface area contributed by atoms with Crippen LogP contribution in [0.25, 0.3) is 0 Å². The van der Waals surface area contributed by atoms with Crippen LogP contribution in [0.3, 0.4) is 0 Å². The van der Waals surface area contributed by atoms with Crippen molar-refractivity contribution in [3.8, 4) is 0 Å². The zero-order valence-electron chi connectivity index (χ0n) is 9.53. The highest BCUT2D eigenvalue weighted by Crippen LogP contribution is 2.26. The minimum Gasteiger partial charge on any atom is -0.460 e. The van der Waals surface area contributed by atoms with Crippen LogP contribution in [0.15, 0.2) is 0 Å². The smallest absolute Gasteiger partial charge is 0.339 e. The number of hydrogen-bond acceptors (Lipinski definition) is 4. The van der Waals surface area contributed by atoms with Gasteiger partial charge in [0.05, 0.1) is 0 Å². The van der Waals surface area contributed by atoms with Crippen LogP contribution < -0.4 is 5.73 Å². The van der Waals surface area contributed by atoms with Crippen LogP contribution in [0.5, 0.6) is 0 Å². The molecule has 0 heterocycles. The van der Waals surface area contributed by atoms with Gasteiger partial charge in [0.15, 0.2) is 5.60 Å². The van der Waals surface area contributed by atoms with E-state index in [1.165, 1.54) is 13.3 Å². The molecule has 0 aliphatic heterocycles. The fraction of sp³-hybridized carbons (Fsp3) is 0.909. The van der Waals surface area contributed by atoms with Crippen molar-refractivity contribution in [2.45, 2.75) is 51.2 Å². The van der Waals surface area contributed by atoms with Crippen LogP contribution in [0, 0.1) is 5.92 Å². The van der Waals surface area contributed by atoms with Gasteiger partial charge in [-0.2, -0.15) is 0 Å². The van der Waals surface area contributed by atoms with Crippen molar-refractivity contribution >= 4 is 5.97 Å². The number of rotatable bonds is 3. The second kappa shape index (κ2) is 4.94. The van der Waals surface area contributed by atoms with Crippen LogP contribution in [-0.2, 0) is 9.53 Å². The van der Waals surface area contributed by atoms with Gasteiger partial charge < -0.3 is 15.6 Å². The third-order valence-electron chi connectivity index (χ3n) is 3.00. The summed E-state index contributed by atoms with van der Waals surface area (Å²) in [5, 5.41) is 9.59. The first-order chi connectivity index (χ1) is 6.95. The Hall–Kier alpha value is -0.610. The molecule has 4 heteroatoms. The summed E-state index contributed by atoms with van der Waals surface area (Å²) in [4.78, 5) is 11.5. The van der Waals surface area contributed by atoms with E-state index >= 15 is 0 Å².